The first kappa shape index (κ1) is 15.5. The Kier molecular flexibility index (Phi) is 5.35. The summed E-state index contributed by atoms with van der Waals surface area (Å²) in [5.74, 6) is -0.268. The van der Waals surface area contributed by atoms with Gasteiger partial charge in [0.1, 0.15) is 4.75 Å². The second-order valence-electron chi connectivity index (χ2n) is 4.22. The lowest BCUT2D eigenvalue weighted by atomic mass is 10.0. The Morgan fingerprint density at radius 2 is 1.84 bits per heavy atom. The molecule has 0 saturated carbocycles. The lowest BCUT2D eigenvalue weighted by Crippen LogP contribution is -2.33. The Bertz CT molecular complexity index is 454. The standard InChI is InChI=1S/C13H17NO4S/c1-3-13(4-2,12(15)16)19-9-10-5-7-11(8-6-10)14(17)18/h5-8H,3-4,9H2,1-2H3,(H,15,16). The van der Waals surface area contributed by atoms with Crippen molar-refractivity contribution in [3.63, 3.8) is 0 Å². The highest BCUT2D eigenvalue weighted by Gasteiger charge is 2.35. The van der Waals surface area contributed by atoms with Gasteiger partial charge in [-0.2, -0.15) is 0 Å². The van der Waals surface area contributed by atoms with Gasteiger partial charge in [0.2, 0.25) is 0 Å². The van der Waals surface area contributed by atoms with Crippen LogP contribution in [0, 0.1) is 10.1 Å². The van der Waals surface area contributed by atoms with Crippen molar-refractivity contribution in [2.45, 2.75) is 37.2 Å². The van der Waals surface area contributed by atoms with E-state index in [9.17, 15) is 20.0 Å². The third-order valence-corrected chi connectivity index (χ3v) is 4.98. The average Bonchev–Trinajstić information content (AvgIpc) is 2.40. The van der Waals surface area contributed by atoms with E-state index in [1.807, 2.05) is 13.8 Å². The summed E-state index contributed by atoms with van der Waals surface area (Å²) in [5, 5.41) is 19.8. The van der Waals surface area contributed by atoms with Crippen LogP contribution in [0.2, 0.25) is 0 Å². The van der Waals surface area contributed by atoms with Gasteiger partial charge in [-0.15, -0.1) is 11.8 Å². The number of nitrogens with zero attached hydrogens (tertiary/aromatic N) is 1. The Balaban J connectivity index is 2.75. The number of nitro groups is 1. The van der Waals surface area contributed by atoms with Crippen molar-refractivity contribution in [3.8, 4) is 0 Å². The molecule has 0 aliphatic carbocycles. The molecule has 0 heterocycles. The number of aliphatic carboxylic acids is 1. The van der Waals surface area contributed by atoms with Gasteiger partial charge in [-0.1, -0.05) is 26.0 Å². The maximum atomic E-state index is 11.3. The summed E-state index contributed by atoms with van der Waals surface area (Å²) in [6.07, 6.45) is 1.10. The van der Waals surface area contributed by atoms with Crippen molar-refractivity contribution < 1.29 is 14.8 Å². The number of carbonyl (C=O) groups is 1. The fourth-order valence-corrected chi connectivity index (χ4v) is 2.92. The van der Waals surface area contributed by atoms with Gasteiger partial charge in [0.15, 0.2) is 0 Å². The molecule has 6 heteroatoms. The number of carboxylic acids is 1. The molecule has 0 amide bonds. The number of benzene rings is 1. The summed E-state index contributed by atoms with van der Waals surface area (Å²) in [4.78, 5) is 21.4. The molecule has 5 nitrogen and oxygen atoms in total. The minimum absolute atomic E-state index is 0.0456. The van der Waals surface area contributed by atoms with Gasteiger partial charge >= 0.3 is 5.97 Å². The highest BCUT2D eigenvalue weighted by atomic mass is 32.2. The SMILES string of the molecule is CCC(CC)(SCc1ccc([N+](=O)[O-])cc1)C(=O)O. The molecule has 1 rings (SSSR count). The first-order valence-corrected chi connectivity index (χ1v) is 7.04. The highest BCUT2D eigenvalue weighted by molar-refractivity contribution is 8.00. The van der Waals surface area contributed by atoms with Crippen LogP contribution in [0.4, 0.5) is 5.69 Å². The topological polar surface area (TPSA) is 80.4 Å². The molecule has 104 valence electrons. The van der Waals surface area contributed by atoms with Crippen LogP contribution in [0.5, 0.6) is 0 Å². The van der Waals surface area contributed by atoms with Crippen LogP contribution in [-0.4, -0.2) is 20.7 Å². The smallest absolute Gasteiger partial charge is 0.319 e. The minimum atomic E-state index is -0.801. The Labute approximate surface area is 116 Å². The molecule has 19 heavy (non-hydrogen) atoms. The summed E-state index contributed by atoms with van der Waals surface area (Å²) in [5.41, 5.74) is 0.937. The van der Waals surface area contributed by atoms with E-state index in [4.69, 9.17) is 0 Å². The highest BCUT2D eigenvalue weighted by Crippen LogP contribution is 2.35. The van der Waals surface area contributed by atoms with Crippen LogP contribution in [0.25, 0.3) is 0 Å². The zero-order chi connectivity index (χ0) is 14.5. The zero-order valence-electron chi connectivity index (χ0n) is 11.0. The van der Waals surface area contributed by atoms with E-state index in [-0.39, 0.29) is 5.69 Å². The maximum absolute atomic E-state index is 11.3. The molecule has 0 atom stereocenters. The summed E-state index contributed by atoms with van der Waals surface area (Å²) in [6, 6.07) is 6.22. The van der Waals surface area contributed by atoms with Gasteiger partial charge in [0.05, 0.1) is 4.92 Å². The first-order valence-electron chi connectivity index (χ1n) is 6.06. The molecule has 0 aromatic heterocycles. The third-order valence-electron chi connectivity index (χ3n) is 3.19. The number of non-ortho nitro benzene ring substituents is 1. The summed E-state index contributed by atoms with van der Waals surface area (Å²) >= 11 is 1.38. The number of nitro benzene ring substituents is 1. The predicted molar refractivity (Wildman–Crippen MR) is 75.3 cm³/mol. The van der Waals surface area contributed by atoms with E-state index in [0.29, 0.717) is 18.6 Å². The molecule has 0 unspecified atom stereocenters. The van der Waals surface area contributed by atoms with Crippen molar-refractivity contribution in [2.75, 3.05) is 0 Å². The van der Waals surface area contributed by atoms with E-state index in [0.717, 1.165) is 5.56 Å². The van der Waals surface area contributed by atoms with Crippen molar-refractivity contribution in [1.29, 1.82) is 0 Å². The van der Waals surface area contributed by atoms with Gasteiger partial charge < -0.3 is 5.11 Å². The van der Waals surface area contributed by atoms with Crippen LogP contribution in [0.1, 0.15) is 32.3 Å². The van der Waals surface area contributed by atoms with E-state index >= 15 is 0 Å². The molecular weight excluding hydrogens is 266 g/mol. The summed E-state index contributed by atoms with van der Waals surface area (Å²) < 4.78 is -0.776. The number of carboxylic acid groups (broad SMARTS) is 1. The minimum Gasteiger partial charge on any atom is -0.480 e. The molecule has 0 radical (unpaired) electrons. The Morgan fingerprint density at radius 3 is 2.21 bits per heavy atom. The fraction of sp³-hybridized carbons (Fsp3) is 0.462. The summed E-state index contributed by atoms with van der Waals surface area (Å²) in [6.45, 7) is 3.72. The van der Waals surface area contributed by atoms with E-state index in [1.165, 1.54) is 23.9 Å². The van der Waals surface area contributed by atoms with Crippen molar-refractivity contribution in [1.82, 2.24) is 0 Å². The maximum Gasteiger partial charge on any atom is 0.319 e. The van der Waals surface area contributed by atoms with Crippen molar-refractivity contribution in [2.24, 2.45) is 0 Å². The third kappa shape index (κ3) is 3.70. The quantitative estimate of drug-likeness (QED) is 0.612. The van der Waals surface area contributed by atoms with Crippen LogP contribution >= 0.6 is 11.8 Å². The van der Waals surface area contributed by atoms with Crippen molar-refractivity contribution >= 4 is 23.4 Å². The molecule has 1 aromatic carbocycles. The number of thioether (sulfide) groups is 1. The van der Waals surface area contributed by atoms with Gasteiger partial charge in [-0.25, -0.2) is 0 Å². The van der Waals surface area contributed by atoms with Crippen molar-refractivity contribution in [3.05, 3.63) is 39.9 Å². The van der Waals surface area contributed by atoms with E-state index in [2.05, 4.69) is 0 Å². The monoisotopic (exact) mass is 283 g/mol. The molecule has 0 aliphatic rings. The summed E-state index contributed by atoms with van der Waals surface area (Å²) in [7, 11) is 0. The molecule has 0 aliphatic heterocycles. The predicted octanol–water partition coefficient (Wildman–Crippen LogP) is 3.47. The van der Waals surface area contributed by atoms with Gasteiger partial charge in [-0.05, 0) is 18.4 Å². The van der Waals surface area contributed by atoms with Gasteiger partial charge in [-0.3, -0.25) is 14.9 Å². The molecule has 0 bridgehead atoms. The fourth-order valence-electron chi connectivity index (χ4n) is 1.75. The van der Waals surface area contributed by atoms with Crippen LogP contribution < -0.4 is 0 Å². The molecule has 1 N–H and O–H groups in total. The largest absolute Gasteiger partial charge is 0.480 e. The first-order chi connectivity index (χ1) is 8.95. The molecule has 0 spiro atoms. The lowest BCUT2D eigenvalue weighted by Gasteiger charge is -2.25. The lowest BCUT2D eigenvalue weighted by molar-refractivity contribution is -0.384. The van der Waals surface area contributed by atoms with Gasteiger partial charge in [0.25, 0.3) is 5.69 Å². The number of hydrogen-bond acceptors (Lipinski definition) is 4. The molecule has 0 fully saturated rings. The Hall–Kier alpha value is -1.56. The number of hydrogen-bond donors (Lipinski definition) is 1. The zero-order valence-corrected chi connectivity index (χ0v) is 11.8. The number of rotatable bonds is 7. The molecule has 0 saturated heterocycles. The van der Waals surface area contributed by atoms with E-state index in [1.54, 1.807) is 12.1 Å². The van der Waals surface area contributed by atoms with Crippen LogP contribution in [0.3, 0.4) is 0 Å². The Morgan fingerprint density at radius 1 is 1.32 bits per heavy atom. The van der Waals surface area contributed by atoms with Crippen LogP contribution in [-0.2, 0) is 10.5 Å². The second-order valence-corrected chi connectivity index (χ2v) is 5.58. The molecule has 1 aromatic rings. The van der Waals surface area contributed by atoms with Crippen LogP contribution in [0.15, 0.2) is 24.3 Å². The van der Waals surface area contributed by atoms with E-state index < -0.39 is 15.6 Å². The molecular formula is C13H17NO4S. The van der Waals surface area contributed by atoms with Gasteiger partial charge in [0, 0.05) is 17.9 Å². The average molecular weight is 283 g/mol. The second kappa shape index (κ2) is 6.56. The normalized spacial score (nSPS) is 11.3.